The first-order chi connectivity index (χ1) is 12.6. The van der Waals surface area contributed by atoms with E-state index in [0.29, 0.717) is 15.5 Å². The molecule has 0 fully saturated rings. The van der Waals surface area contributed by atoms with Gasteiger partial charge >= 0.3 is 0 Å². The van der Waals surface area contributed by atoms with E-state index in [2.05, 4.69) is 103 Å². The molecule has 0 heterocycles. The molecule has 4 heteroatoms. The van der Waals surface area contributed by atoms with Gasteiger partial charge in [0.1, 0.15) is 0 Å². The summed E-state index contributed by atoms with van der Waals surface area (Å²) in [5.74, 6) is 0. The lowest BCUT2D eigenvalue weighted by Gasteiger charge is -2.44. The van der Waals surface area contributed by atoms with Crippen LogP contribution < -0.4 is 5.30 Å². The number of benzene rings is 1. The Morgan fingerprint density at radius 3 is 1.86 bits per heavy atom. The summed E-state index contributed by atoms with van der Waals surface area (Å²) in [5, 5.41) is 2.65. The van der Waals surface area contributed by atoms with Crippen LogP contribution in [0.5, 0.6) is 0 Å². The second-order valence-corrected chi connectivity index (χ2v) is 16.3. The number of hydrogen-bond donors (Lipinski definition) is 0. The zero-order valence-electron chi connectivity index (χ0n) is 19.8. The summed E-state index contributed by atoms with van der Waals surface area (Å²) >= 11 is 0. The quantitative estimate of drug-likeness (QED) is 0.189. The van der Waals surface area contributed by atoms with Gasteiger partial charge in [0.25, 0.3) is 0 Å². The van der Waals surface area contributed by atoms with E-state index >= 15 is 0 Å². The Balaban J connectivity index is 0.00000392. The van der Waals surface area contributed by atoms with Gasteiger partial charge in [-0.1, -0.05) is 118 Å². The highest BCUT2D eigenvalue weighted by Crippen LogP contribution is 2.61. The van der Waals surface area contributed by atoms with Crippen LogP contribution in [-0.2, 0) is 0 Å². The van der Waals surface area contributed by atoms with Gasteiger partial charge in [0.05, 0.1) is 0 Å². The van der Waals surface area contributed by atoms with Crippen molar-refractivity contribution < 1.29 is 0 Å². The second-order valence-electron chi connectivity index (χ2n) is 9.88. The van der Waals surface area contributed by atoms with Gasteiger partial charge in [0.15, 0.2) is 0 Å². The maximum absolute atomic E-state index is 2.55. The average Bonchev–Trinajstić information content (AvgIpc) is 2.60. The van der Waals surface area contributed by atoms with Gasteiger partial charge in [0.2, 0.25) is 0 Å². The van der Waals surface area contributed by atoms with Crippen molar-refractivity contribution in [1.29, 1.82) is 0 Å². The van der Waals surface area contributed by atoms with Gasteiger partial charge in [-0.15, -0.1) is 0 Å². The molecular formula is C25H40B2P2. The van der Waals surface area contributed by atoms with Gasteiger partial charge in [-0.2, -0.15) is 0 Å². The lowest BCUT2D eigenvalue weighted by atomic mass is 9.96. The van der Waals surface area contributed by atoms with E-state index in [1.807, 2.05) is 0 Å². The molecule has 0 bridgehead atoms. The van der Waals surface area contributed by atoms with Crippen LogP contribution in [0.15, 0.2) is 54.6 Å². The lowest BCUT2D eigenvalue weighted by Crippen LogP contribution is -2.30. The monoisotopic (exact) mass is 424 g/mol. The van der Waals surface area contributed by atoms with Crippen molar-refractivity contribution in [3.8, 4) is 0 Å². The molecule has 156 valence electrons. The van der Waals surface area contributed by atoms with E-state index in [1.165, 1.54) is 25.4 Å². The molecule has 0 aromatic heterocycles. The maximum Gasteiger partial charge on any atom is 0.0264 e. The molecule has 6 radical (unpaired) electrons. The fraction of sp³-hybridized carbons (Fsp3) is 0.600. The van der Waals surface area contributed by atoms with Crippen LogP contribution in [0.2, 0.25) is 0 Å². The van der Waals surface area contributed by atoms with E-state index in [0.717, 1.165) is 6.42 Å². The standard InChI is InChI=1S/C25H40P2.2B/c1-23(2,3)26(7)25(18-12-9-13-19-25)20-14-15-21-27(24(4,5)6)22-16-10-8-11-17-22;;/h8,10-13,16-19H,9,14-15,20-21H2,1-7H3;;. The van der Waals surface area contributed by atoms with Gasteiger partial charge in [0, 0.05) is 22.0 Å². The number of rotatable bonds is 7. The Labute approximate surface area is 188 Å². The van der Waals surface area contributed by atoms with Gasteiger partial charge in [-0.05, 0) is 47.7 Å². The lowest BCUT2D eigenvalue weighted by molar-refractivity contribution is 0.643. The third-order valence-electron chi connectivity index (χ3n) is 5.80. The summed E-state index contributed by atoms with van der Waals surface area (Å²) < 4.78 is 0. The molecule has 2 rings (SSSR count). The van der Waals surface area contributed by atoms with Crippen LogP contribution in [-0.4, -0.2) is 45.1 Å². The zero-order valence-corrected chi connectivity index (χ0v) is 21.6. The van der Waals surface area contributed by atoms with E-state index in [4.69, 9.17) is 0 Å². The third kappa shape index (κ3) is 8.04. The predicted molar refractivity (Wildman–Crippen MR) is 141 cm³/mol. The van der Waals surface area contributed by atoms with E-state index in [1.54, 1.807) is 5.30 Å². The predicted octanol–water partition coefficient (Wildman–Crippen LogP) is 7.17. The van der Waals surface area contributed by atoms with Crippen molar-refractivity contribution >= 4 is 38.0 Å². The van der Waals surface area contributed by atoms with Gasteiger partial charge in [-0.3, -0.25) is 0 Å². The van der Waals surface area contributed by atoms with Crippen molar-refractivity contribution in [3.05, 3.63) is 54.6 Å². The molecule has 2 atom stereocenters. The first-order valence-corrected chi connectivity index (χ1v) is 13.8. The maximum atomic E-state index is 2.55. The van der Waals surface area contributed by atoms with Crippen molar-refractivity contribution in [3.63, 3.8) is 0 Å². The van der Waals surface area contributed by atoms with Crippen LogP contribution in [0.4, 0.5) is 0 Å². The molecule has 1 aliphatic carbocycles. The Hall–Kier alpha value is -0.310. The summed E-state index contributed by atoms with van der Waals surface area (Å²) in [6.07, 6.45) is 16.3. The highest BCUT2D eigenvalue weighted by Gasteiger charge is 2.38. The first-order valence-electron chi connectivity index (χ1n) is 10.5. The minimum atomic E-state index is -0.111. The summed E-state index contributed by atoms with van der Waals surface area (Å²) in [6.45, 7) is 17.0. The van der Waals surface area contributed by atoms with Crippen molar-refractivity contribution in [1.82, 2.24) is 0 Å². The van der Waals surface area contributed by atoms with E-state index in [-0.39, 0.29) is 32.7 Å². The Morgan fingerprint density at radius 1 is 0.828 bits per heavy atom. The zero-order chi connectivity index (χ0) is 20.1. The fourth-order valence-electron chi connectivity index (χ4n) is 4.00. The summed E-state index contributed by atoms with van der Waals surface area (Å²) in [5.41, 5.74) is 0. The molecule has 1 aromatic rings. The minimum absolute atomic E-state index is 0. The summed E-state index contributed by atoms with van der Waals surface area (Å²) in [4.78, 5) is 0. The highest BCUT2D eigenvalue weighted by atomic mass is 31.1. The topological polar surface area (TPSA) is 0 Å². The first kappa shape index (κ1) is 28.7. The molecule has 0 aliphatic heterocycles. The molecule has 1 aromatic carbocycles. The van der Waals surface area contributed by atoms with Crippen molar-refractivity contribution in [2.75, 3.05) is 12.8 Å². The molecule has 0 saturated carbocycles. The molecule has 0 saturated heterocycles. The van der Waals surface area contributed by atoms with Crippen LogP contribution in [0.25, 0.3) is 0 Å². The van der Waals surface area contributed by atoms with E-state index in [9.17, 15) is 0 Å². The summed E-state index contributed by atoms with van der Waals surface area (Å²) in [7, 11) is -0.202. The highest BCUT2D eigenvalue weighted by molar-refractivity contribution is 7.67. The van der Waals surface area contributed by atoms with Gasteiger partial charge < -0.3 is 0 Å². The minimum Gasteiger partial charge on any atom is -0.0900 e. The molecule has 0 spiro atoms. The molecule has 0 N–H and O–H groups in total. The molecular weight excluding hydrogens is 384 g/mol. The molecule has 0 nitrogen and oxygen atoms in total. The largest absolute Gasteiger partial charge is 0.0900 e. The van der Waals surface area contributed by atoms with Gasteiger partial charge in [-0.25, -0.2) is 0 Å². The van der Waals surface area contributed by atoms with Crippen LogP contribution >= 0.6 is 15.8 Å². The average molecular weight is 424 g/mol. The number of unbranched alkanes of at least 4 members (excludes halogenated alkanes) is 1. The van der Waals surface area contributed by atoms with Crippen LogP contribution in [0.1, 0.15) is 67.2 Å². The Kier molecular flexibility index (Phi) is 11.8. The fourth-order valence-corrected chi connectivity index (χ4v) is 9.17. The molecule has 0 amide bonds. The second kappa shape index (κ2) is 11.9. The van der Waals surface area contributed by atoms with Crippen molar-refractivity contribution in [2.24, 2.45) is 0 Å². The molecule has 2 unspecified atom stereocenters. The van der Waals surface area contributed by atoms with E-state index < -0.39 is 0 Å². The Bertz CT molecular complexity index is 627. The smallest absolute Gasteiger partial charge is 0.0264 e. The summed E-state index contributed by atoms with van der Waals surface area (Å²) in [6, 6.07) is 11.2. The normalized spacial score (nSPS) is 17.8. The number of allylic oxidation sites excluding steroid dienone is 4. The Morgan fingerprint density at radius 2 is 1.38 bits per heavy atom. The number of hydrogen-bond acceptors (Lipinski definition) is 0. The molecule has 29 heavy (non-hydrogen) atoms. The van der Waals surface area contributed by atoms with Crippen LogP contribution in [0.3, 0.4) is 0 Å². The molecule has 1 aliphatic rings. The van der Waals surface area contributed by atoms with Crippen molar-refractivity contribution in [2.45, 2.75) is 82.7 Å². The van der Waals surface area contributed by atoms with Crippen LogP contribution in [0, 0.1) is 0 Å². The third-order valence-corrected chi connectivity index (χ3v) is 12.9. The SMILES string of the molecule is CP(C(C)(C)C)C1(CCCCP(c2ccccc2)C(C)(C)C)C=CCC=C1.[B].[B].